The largest absolute Gasteiger partial charge is 0.444 e. The fourth-order valence-corrected chi connectivity index (χ4v) is 2.20. The molecule has 0 spiro atoms. The van der Waals surface area contributed by atoms with Gasteiger partial charge in [-0.1, -0.05) is 22.9 Å². The smallest absolute Gasteiger partial charge is 0.413 e. The second kappa shape index (κ2) is 5.20. The first-order valence-corrected chi connectivity index (χ1v) is 6.23. The van der Waals surface area contributed by atoms with E-state index >= 15 is 0 Å². The van der Waals surface area contributed by atoms with Crippen LogP contribution in [0.4, 0.5) is 9.93 Å². The number of carbonyl (C=O) groups is 1. The number of nitrogens with zero attached hydrogens (tertiary/aromatic N) is 1. The van der Waals surface area contributed by atoms with Crippen LogP contribution in [0.3, 0.4) is 0 Å². The van der Waals surface area contributed by atoms with Crippen LogP contribution in [-0.2, 0) is 4.74 Å². The van der Waals surface area contributed by atoms with Gasteiger partial charge in [0.15, 0.2) is 5.13 Å². The summed E-state index contributed by atoms with van der Waals surface area (Å²) in [5.74, 6) is 0. The number of halogens is 1. The average Bonchev–Trinajstić information content (AvgIpc) is 2.42. The summed E-state index contributed by atoms with van der Waals surface area (Å²) in [5.41, 5.74) is -0.571. The Bertz CT molecular complexity index is 412. The third kappa shape index (κ3) is 4.49. The molecule has 1 aromatic rings. The van der Waals surface area contributed by atoms with Crippen LogP contribution in [-0.4, -0.2) is 21.8 Å². The fourth-order valence-electron chi connectivity index (χ4n) is 1.02. The molecule has 0 saturated carbocycles. The van der Waals surface area contributed by atoms with E-state index in [-0.39, 0.29) is 5.15 Å². The van der Waals surface area contributed by atoms with Gasteiger partial charge in [0.1, 0.15) is 10.8 Å². The van der Waals surface area contributed by atoms with Crippen LogP contribution in [0.2, 0.25) is 5.15 Å². The molecule has 0 saturated heterocycles. The van der Waals surface area contributed by atoms with Crippen LogP contribution in [0.1, 0.15) is 38.7 Å². The zero-order chi connectivity index (χ0) is 13.2. The van der Waals surface area contributed by atoms with Gasteiger partial charge in [0.2, 0.25) is 0 Å². The lowest BCUT2D eigenvalue weighted by Gasteiger charge is -2.18. The van der Waals surface area contributed by atoms with Crippen LogP contribution in [0.15, 0.2) is 0 Å². The number of hydrogen-bond donors (Lipinski definition) is 2. The monoisotopic (exact) mass is 278 g/mol. The summed E-state index contributed by atoms with van der Waals surface area (Å²) < 4.78 is 5.06. The number of ether oxygens (including phenoxy) is 1. The Kier molecular flexibility index (Phi) is 4.35. The van der Waals surface area contributed by atoms with Gasteiger partial charge < -0.3 is 9.84 Å². The third-order valence-corrected chi connectivity index (χ3v) is 3.14. The highest BCUT2D eigenvalue weighted by Gasteiger charge is 2.19. The molecule has 0 aliphatic carbocycles. The SMILES string of the molecule is CC(O)c1sc(NC(=O)OC(C)(C)C)nc1Cl. The number of aliphatic hydroxyl groups excluding tert-OH is 1. The molecule has 1 rings (SSSR count). The first-order chi connectivity index (χ1) is 7.69. The normalized spacial score (nSPS) is 13.3. The van der Waals surface area contributed by atoms with E-state index in [2.05, 4.69) is 10.3 Å². The molecule has 1 heterocycles. The van der Waals surface area contributed by atoms with Crippen molar-refractivity contribution in [3.8, 4) is 0 Å². The minimum atomic E-state index is -0.714. The van der Waals surface area contributed by atoms with Crippen molar-refractivity contribution in [2.75, 3.05) is 5.32 Å². The van der Waals surface area contributed by atoms with E-state index in [9.17, 15) is 9.90 Å². The third-order valence-electron chi connectivity index (χ3n) is 1.60. The van der Waals surface area contributed by atoms with Crippen molar-refractivity contribution in [2.45, 2.75) is 39.4 Å². The Balaban J connectivity index is 2.70. The molecule has 2 N–H and O–H groups in total. The van der Waals surface area contributed by atoms with Crippen molar-refractivity contribution >= 4 is 34.2 Å². The number of aliphatic hydroxyl groups is 1. The first kappa shape index (κ1) is 14.2. The average molecular weight is 279 g/mol. The van der Waals surface area contributed by atoms with E-state index in [1.165, 1.54) is 0 Å². The number of carbonyl (C=O) groups excluding carboxylic acids is 1. The molecular weight excluding hydrogens is 264 g/mol. The van der Waals surface area contributed by atoms with Gasteiger partial charge in [-0.05, 0) is 27.7 Å². The van der Waals surface area contributed by atoms with Crippen LogP contribution < -0.4 is 5.32 Å². The highest BCUT2D eigenvalue weighted by atomic mass is 35.5. The summed E-state index contributed by atoms with van der Waals surface area (Å²) in [5, 5.41) is 12.3. The maximum atomic E-state index is 11.4. The quantitative estimate of drug-likeness (QED) is 0.871. The predicted molar refractivity (Wildman–Crippen MR) is 67.6 cm³/mol. The number of amides is 1. The van der Waals surface area contributed by atoms with E-state index in [1.807, 2.05) is 0 Å². The number of hydrogen-bond acceptors (Lipinski definition) is 5. The molecule has 5 nitrogen and oxygen atoms in total. The van der Waals surface area contributed by atoms with Crippen molar-refractivity contribution < 1.29 is 14.6 Å². The van der Waals surface area contributed by atoms with E-state index in [0.717, 1.165) is 11.3 Å². The minimum absolute atomic E-state index is 0.191. The number of thiazole rings is 1. The van der Waals surface area contributed by atoms with Gasteiger partial charge >= 0.3 is 6.09 Å². The van der Waals surface area contributed by atoms with Gasteiger partial charge in [0.25, 0.3) is 0 Å². The molecule has 0 aromatic carbocycles. The molecule has 1 atom stereocenters. The van der Waals surface area contributed by atoms with E-state index in [0.29, 0.717) is 10.0 Å². The van der Waals surface area contributed by atoms with Crippen molar-refractivity contribution in [3.63, 3.8) is 0 Å². The predicted octanol–water partition coefficient (Wildman–Crippen LogP) is 3.20. The Morgan fingerprint density at radius 3 is 2.59 bits per heavy atom. The molecule has 0 radical (unpaired) electrons. The van der Waals surface area contributed by atoms with Gasteiger partial charge in [-0.15, -0.1) is 0 Å². The van der Waals surface area contributed by atoms with Gasteiger partial charge in [-0.2, -0.15) is 0 Å². The fraction of sp³-hybridized carbons (Fsp3) is 0.600. The lowest BCUT2D eigenvalue weighted by molar-refractivity contribution is 0.0636. The van der Waals surface area contributed by atoms with E-state index in [4.69, 9.17) is 16.3 Å². The second-order valence-electron chi connectivity index (χ2n) is 4.48. The molecule has 1 aromatic heterocycles. The zero-order valence-electron chi connectivity index (χ0n) is 10.1. The molecular formula is C10H15ClN2O3S. The molecule has 1 amide bonds. The highest BCUT2D eigenvalue weighted by molar-refractivity contribution is 7.16. The summed E-state index contributed by atoms with van der Waals surface area (Å²) in [6.45, 7) is 6.88. The van der Waals surface area contributed by atoms with Crippen LogP contribution in [0, 0.1) is 0 Å². The Labute approximate surface area is 109 Å². The number of anilines is 1. The number of rotatable bonds is 2. The molecule has 0 fully saturated rings. The highest BCUT2D eigenvalue weighted by Crippen LogP contribution is 2.31. The Hall–Kier alpha value is -0.850. The van der Waals surface area contributed by atoms with Crippen LogP contribution in [0.5, 0.6) is 0 Å². The molecule has 0 aliphatic rings. The summed E-state index contributed by atoms with van der Waals surface area (Å²) in [7, 11) is 0. The molecule has 1 unspecified atom stereocenters. The Morgan fingerprint density at radius 2 is 2.18 bits per heavy atom. The summed E-state index contributed by atoms with van der Waals surface area (Å²) in [4.78, 5) is 15.9. The molecule has 0 bridgehead atoms. The number of aromatic nitrogens is 1. The summed E-state index contributed by atoms with van der Waals surface area (Å²) >= 11 is 6.92. The maximum absolute atomic E-state index is 11.4. The van der Waals surface area contributed by atoms with E-state index in [1.54, 1.807) is 27.7 Å². The standard InChI is InChI=1S/C10H15ClN2O3S/c1-5(14)6-7(11)12-8(17-6)13-9(15)16-10(2,3)4/h5,14H,1-4H3,(H,12,13,15). The van der Waals surface area contributed by atoms with Crippen LogP contribution in [0.25, 0.3) is 0 Å². The topological polar surface area (TPSA) is 71.5 Å². The minimum Gasteiger partial charge on any atom is -0.444 e. The Morgan fingerprint density at radius 1 is 1.59 bits per heavy atom. The second-order valence-corrected chi connectivity index (χ2v) is 5.87. The lowest BCUT2D eigenvalue weighted by atomic mass is 10.2. The molecule has 96 valence electrons. The van der Waals surface area contributed by atoms with Crippen molar-refractivity contribution in [2.24, 2.45) is 0 Å². The maximum Gasteiger partial charge on any atom is 0.413 e. The summed E-state index contributed by atoms with van der Waals surface area (Å²) in [6.07, 6.45) is -1.31. The molecule has 0 aliphatic heterocycles. The van der Waals surface area contributed by atoms with Gasteiger partial charge in [-0.25, -0.2) is 9.78 Å². The lowest BCUT2D eigenvalue weighted by Crippen LogP contribution is -2.27. The number of nitrogens with one attached hydrogen (secondary N) is 1. The van der Waals surface area contributed by atoms with Gasteiger partial charge in [0.05, 0.1) is 11.0 Å². The van der Waals surface area contributed by atoms with Crippen LogP contribution >= 0.6 is 22.9 Å². The first-order valence-electron chi connectivity index (χ1n) is 5.03. The molecule has 7 heteroatoms. The van der Waals surface area contributed by atoms with Gasteiger partial charge in [0, 0.05) is 0 Å². The van der Waals surface area contributed by atoms with E-state index < -0.39 is 17.8 Å². The van der Waals surface area contributed by atoms with Crippen molar-refractivity contribution in [1.29, 1.82) is 0 Å². The van der Waals surface area contributed by atoms with Gasteiger partial charge in [-0.3, -0.25) is 5.32 Å². The van der Waals surface area contributed by atoms with Crippen molar-refractivity contribution in [3.05, 3.63) is 10.0 Å². The summed E-state index contributed by atoms with van der Waals surface area (Å²) in [6, 6.07) is 0. The zero-order valence-corrected chi connectivity index (χ0v) is 11.6. The molecule has 17 heavy (non-hydrogen) atoms. The van der Waals surface area contributed by atoms with Crippen molar-refractivity contribution in [1.82, 2.24) is 4.98 Å².